The molecule has 2 rings (SSSR count). The maximum absolute atomic E-state index is 11.1. The molecule has 0 aliphatic heterocycles. The van der Waals surface area contributed by atoms with Crippen LogP contribution in [0.4, 0.5) is 0 Å². The van der Waals surface area contributed by atoms with Crippen LogP contribution in [0.5, 0.6) is 11.5 Å². The van der Waals surface area contributed by atoms with Crippen molar-refractivity contribution in [1.29, 1.82) is 0 Å². The van der Waals surface area contributed by atoms with Crippen LogP contribution in [0.25, 0.3) is 11.4 Å². The zero-order valence-electron chi connectivity index (χ0n) is 11.3. The van der Waals surface area contributed by atoms with Crippen molar-refractivity contribution >= 4 is 5.97 Å². The fourth-order valence-electron chi connectivity index (χ4n) is 1.69. The van der Waals surface area contributed by atoms with Crippen LogP contribution >= 0.6 is 0 Å². The Hall–Kier alpha value is -2.64. The molecule has 0 spiro atoms. The van der Waals surface area contributed by atoms with Crippen molar-refractivity contribution in [3.05, 3.63) is 18.2 Å². The number of nitrogens with zero attached hydrogens (tertiary/aromatic N) is 4. The Morgan fingerprint density at radius 3 is 2.35 bits per heavy atom. The van der Waals surface area contributed by atoms with Gasteiger partial charge in [0.15, 0.2) is 11.9 Å². The number of aliphatic carboxylic acids is 1. The third-order valence-corrected chi connectivity index (χ3v) is 2.83. The number of hydrogen-bond acceptors (Lipinski definition) is 6. The van der Waals surface area contributed by atoms with Gasteiger partial charge in [-0.25, -0.2) is 9.48 Å². The minimum Gasteiger partial charge on any atom is -0.497 e. The number of carboxylic acids is 1. The zero-order chi connectivity index (χ0) is 14.7. The second-order valence-electron chi connectivity index (χ2n) is 4.06. The highest BCUT2D eigenvalue weighted by Crippen LogP contribution is 2.29. The Kier molecular flexibility index (Phi) is 3.83. The number of carboxylic acid groups (broad SMARTS) is 1. The number of benzene rings is 1. The largest absolute Gasteiger partial charge is 0.497 e. The fourth-order valence-corrected chi connectivity index (χ4v) is 1.69. The second-order valence-corrected chi connectivity index (χ2v) is 4.06. The van der Waals surface area contributed by atoms with Crippen molar-refractivity contribution in [2.75, 3.05) is 14.2 Å². The molecule has 8 heteroatoms. The number of rotatable bonds is 5. The van der Waals surface area contributed by atoms with E-state index in [-0.39, 0.29) is 0 Å². The Morgan fingerprint density at radius 1 is 1.25 bits per heavy atom. The third-order valence-electron chi connectivity index (χ3n) is 2.83. The van der Waals surface area contributed by atoms with Crippen molar-refractivity contribution < 1.29 is 19.4 Å². The lowest BCUT2D eigenvalue weighted by Gasteiger charge is -2.11. The summed E-state index contributed by atoms with van der Waals surface area (Å²) in [6, 6.07) is 4.24. The number of methoxy groups -OCH3 is 2. The third kappa shape index (κ3) is 2.53. The molecule has 0 radical (unpaired) electrons. The lowest BCUT2D eigenvalue weighted by atomic mass is 10.2. The molecular weight excluding hydrogens is 264 g/mol. The van der Waals surface area contributed by atoms with Gasteiger partial charge in [-0.05, 0) is 29.5 Å². The summed E-state index contributed by atoms with van der Waals surface area (Å²) < 4.78 is 11.6. The summed E-state index contributed by atoms with van der Waals surface area (Å²) >= 11 is 0. The topological polar surface area (TPSA) is 99.4 Å². The maximum atomic E-state index is 11.1. The molecule has 1 unspecified atom stereocenters. The van der Waals surface area contributed by atoms with E-state index in [4.69, 9.17) is 14.6 Å². The lowest BCUT2D eigenvalue weighted by molar-refractivity contribution is -0.140. The van der Waals surface area contributed by atoms with Crippen molar-refractivity contribution in [3.8, 4) is 22.9 Å². The first-order valence-corrected chi connectivity index (χ1v) is 5.81. The van der Waals surface area contributed by atoms with Gasteiger partial charge in [0.05, 0.1) is 14.2 Å². The van der Waals surface area contributed by atoms with Crippen LogP contribution in [0, 0.1) is 0 Å². The van der Waals surface area contributed by atoms with Gasteiger partial charge >= 0.3 is 5.97 Å². The van der Waals surface area contributed by atoms with Gasteiger partial charge < -0.3 is 14.6 Å². The average molecular weight is 278 g/mol. The minimum absolute atomic E-state index is 0.331. The van der Waals surface area contributed by atoms with Gasteiger partial charge in [-0.3, -0.25) is 0 Å². The van der Waals surface area contributed by atoms with Crippen LogP contribution < -0.4 is 9.47 Å². The van der Waals surface area contributed by atoms with Gasteiger partial charge in [-0.2, -0.15) is 0 Å². The van der Waals surface area contributed by atoms with Crippen LogP contribution in [-0.4, -0.2) is 45.5 Å². The van der Waals surface area contributed by atoms with E-state index in [2.05, 4.69) is 15.5 Å². The van der Waals surface area contributed by atoms with Crippen LogP contribution in [0.2, 0.25) is 0 Å². The highest BCUT2D eigenvalue weighted by molar-refractivity contribution is 5.72. The van der Waals surface area contributed by atoms with E-state index < -0.39 is 12.0 Å². The normalized spacial score (nSPS) is 11.9. The summed E-state index contributed by atoms with van der Waals surface area (Å²) in [6.07, 6.45) is 0. The number of aromatic nitrogens is 4. The standard InChI is InChI=1S/C12H14N4O4/c1-7(12(17)18)16-11(13-14-15-16)8-4-9(19-2)6-10(5-8)20-3/h4-7H,1-3H3,(H,17,18). The lowest BCUT2D eigenvalue weighted by Crippen LogP contribution is -2.18. The predicted octanol–water partition coefficient (Wildman–Crippen LogP) is 1.00. The highest BCUT2D eigenvalue weighted by atomic mass is 16.5. The Balaban J connectivity index is 2.52. The predicted molar refractivity (Wildman–Crippen MR) is 68.7 cm³/mol. The van der Waals surface area contributed by atoms with Gasteiger partial charge in [0.25, 0.3) is 0 Å². The van der Waals surface area contributed by atoms with E-state index >= 15 is 0 Å². The SMILES string of the molecule is COc1cc(OC)cc(-c2nnnn2C(C)C(=O)O)c1. The molecule has 0 aliphatic rings. The monoisotopic (exact) mass is 278 g/mol. The molecule has 0 amide bonds. The molecule has 0 bridgehead atoms. The Labute approximate surface area is 114 Å². The van der Waals surface area contributed by atoms with Gasteiger partial charge in [-0.15, -0.1) is 5.10 Å². The van der Waals surface area contributed by atoms with Gasteiger partial charge in [0.1, 0.15) is 11.5 Å². The maximum Gasteiger partial charge on any atom is 0.328 e. The number of ether oxygens (including phenoxy) is 2. The van der Waals surface area contributed by atoms with E-state index in [0.717, 1.165) is 0 Å². The van der Waals surface area contributed by atoms with Crippen LogP contribution in [0.1, 0.15) is 13.0 Å². The van der Waals surface area contributed by atoms with Crippen LogP contribution in [0.15, 0.2) is 18.2 Å². The van der Waals surface area contributed by atoms with E-state index in [1.807, 2.05) is 0 Å². The molecular formula is C12H14N4O4. The van der Waals surface area contributed by atoms with Crippen molar-refractivity contribution in [1.82, 2.24) is 20.2 Å². The van der Waals surface area contributed by atoms with Crippen LogP contribution in [-0.2, 0) is 4.79 Å². The minimum atomic E-state index is -1.02. The smallest absolute Gasteiger partial charge is 0.328 e. The van der Waals surface area contributed by atoms with Gasteiger partial charge in [0.2, 0.25) is 0 Å². The molecule has 1 atom stereocenters. The van der Waals surface area contributed by atoms with E-state index in [9.17, 15) is 4.79 Å². The summed E-state index contributed by atoms with van der Waals surface area (Å²) in [5.41, 5.74) is 0.610. The number of tetrazole rings is 1. The summed E-state index contributed by atoms with van der Waals surface area (Å²) in [6.45, 7) is 1.50. The second kappa shape index (κ2) is 5.55. The quantitative estimate of drug-likeness (QED) is 0.870. The van der Waals surface area contributed by atoms with Crippen molar-refractivity contribution in [3.63, 3.8) is 0 Å². The molecule has 0 saturated heterocycles. The molecule has 1 N–H and O–H groups in total. The fraction of sp³-hybridized carbons (Fsp3) is 0.333. The molecule has 106 valence electrons. The number of carbonyl (C=O) groups is 1. The number of hydrogen-bond donors (Lipinski definition) is 1. The molecule has 20 heavy (non-hydrogen) atoms. The Morgan fingerprint density at radius 2 is 1.85 bits per heavy atom. The first-order chi connectivity index (χ1) is 9.56. The van der Waals surface area contributed by atoms with E-state index in [1.165, 1.54) is 25.8 Å². The van der Waals surface area contributed by atoms with E-state index in [0.29, 0.717) is 22.9 Å². The first-order valence-electron chi connectivity index (χ1n) is 5.81. The van der Waals surface area contributed by atoms with Gasteiger partial charge in [-0.1, -0.05) is 0 Å². The van der Waals surface area contributed by atoms with Crippen molar-refractivity contribution in [2.24, 2.45) is 0 Å². The summed E-state index contributed by atoms with van der Waals surface area (Å²) in [4.78, 5) is 11.1. The average Bonchev–Trinajstić information content (AvgIpc) is 2.94. The van der Waals surface area contributed by atoms with E-state index in [1.54, 1.807) is 18.2 Å². The molecule has 1 aromatic heterocycles. The molecule has 1 heterocycles. The summed E-state index contributed by atoms with van der Waals surface area (Å²) in [5.74, 6) is 0.444. The molecule has 0 saturated carbocycles. The molecule has 1 aromatic carbocycles. The van der Waals surface area contributed by atoms with Crippen molar-refractivity contribution in [2.45, 2.75) is 13.0 Å². The first kappa shape index (κ1) is 13.8. The highest BCUT2D eigenvalue weighted by Gasteiger charge is 2.21. The van der Waals surface area contributed by atoms with Gasteiger partial charge in [0, 0.05) is 11.6 Å². The summed E-state index contributed by atoms with van der Waals surface area (Å²) in [7, 11) is 3.06. The molecule has 0 aliphatic carbocycles. The molecule has 0 fully saturated rings. The Bertz CT molecular complexity index is 603. The molecule has 8 nitrogen and oxygen atoms in total. The van der Waals surface area contributed by atoms with Crippen LogP contribution in [0.3, 0.4) is 0 Å². The summed E-state index contributed by atoms with van der Waals surface area (Å²) in [5, 5.41) is 20.2. The zero-order valence-corrected chi connectivity index (χ0v) is 11.3. The molecule has 2 aromatic rings.